The second-order valence-corrected chi connectivity index (χ2v) is 7.84. The highest BCUT2D eigenvalue weighted by molar-refractivity contribution is 9.10. The number of hydrogen-bond acceptors (Lipinski definition) is 3. The van der Waals surface area contributed by atoms with E-state index in [1.54, 1.807) is 0 Å². The summed E-state index contributed by atoms with van der Waals surface area (Å²) in [7, 11) is 0. The zero-order chi connectivity index (χ0) is 11.4. The highest BCUT2D eigenvalue weighted by atomic mass is 79.9. The van der Waals surface area contributed by atoms with Gasteiger partial charge in [-0.1, -0.05) is 15.9 Å². The van der Waals surface area contributed by atoms with Crippen LogP contribution in [0.3, 0.4) is 0 Å². The van der Waals surface area contributed by atoms with Crippen molar-refractivity contribution in [2.45, 2.75) is 10.1 Å². The van der Waals surface area contributed by atoms with E-state index in [4.69, 9.17) is 9.47 Å². The molecule has 0 amide bonds. The van der Waals surface area contributed by atoms with E-state index in [-0.39, 0.29) is 9.74 Å². The summed E-state index contributed by atoms with van der Waals surface area (Å²) in [5.41, 5.74) is -0.365. The van der Waals surface area contributed by atoms with Crippen molar-refractivity contribution in [3.63, 3.8) is 0 Å². The van der Waals surface area contributed by atoms with E-state index in [1.807, 2.05) is 0 Å². The Morgan fingerprint density at radius 2 is 1.59 bits per heavy atom. The van der Waals surface area contributed by atoms with Crippen molar-refractivity contribution in [1.29, 1.82) is 0 Å². The Hall–Kier alpha value is -0.130. The van der Waals surface area contributed by atoms with Crippen LogP contribution in [0, 0.1) is 40.9 Å². The van der Waals surface area contributed by atoms with Crippen molar-refractivity contribution in [3.8, 4) is 0 Å². The van der Waals surface area contributed by atoms with Gasteiger partial charge in [-0.2, -0.15) is 0 Å². The molecule has 1 heterocycles. The Morgan fingerprint density at radius 3 is 2.12 bits per heavy atom. The summed E-state index contributed by atoms with van der Waals surface area (Å²) < 4.78 is 11.9. The molecule has 6 aliphatic carbocycles. The minimum Gasteiger partial charge on any atom is -0.481 e. The fourth-order valence-corrected chi connectivity index (χ4v) is 8.68. The van der Waals surface area contributed by atoms with Crippen LogP contribution in [-0.4, -0.2) is 34.4 Å². The molecule has 90 valence electrons. The molecule has 0 aromatic heterocycles. The number of alkyl halides is 1. The van der Waals surface area contributed by atoms with E-state index in [0.717, 1.165) is 0 Å². The Labute approximate surface area is 106 Å². The van der Waals surface area contributed by atoms with Gasteiger partial charge in [0.15, 0.2) is 5.79 Å². The average Bonchev–Trinajstić information content (AvgIpc) is 2.78. The minimum absolute atomic E-state index is 0.0433. The molecule has 0 radical (unpaired) electrons. The van der Waals surface area contributed by atoms with E-state index in [9.17, 15) is 9.90 Å². The van der Waals surface area contributed by atoms with Crippen LogP contribution in [0.1, 0.15) is 0 Å². The summed E-state index contributed by atoms with van der Waals surface area (Å²) >= 11 is 3.90. The molecule has 0 aromatic rings. The molecule has 6 saturated carbocycles. The summed E-state index contributed by atoms with van der Waals surface area (Å²) in [6.45, 7) is 1.32. The van der Waals surface area contributed by atoms with Gasteiger partial charge >= 0.3 is 5.97 Å². The van der Waals surface area contributed by atoms with Gasteiger partial charge < -0.3 is 14.6 Å². The molecule has 4 unspecified atom stereocenters. The molecule has 1 N–H and O–H groups in total. The predicted octanol–water partition coefficient (Wildman–Crippen LogP) is 0.699. The third-order valence-corrected chi connectivity index (χ3v) is 8.62. The number of carboxylic acid groups (broad SMARTS) is 1. The zero-order valence-electron chi connectivity index (χ0n) is 8.93. The lowest BCUT2D eigenvalue weighted by atomic mass is 9.13. The van der Waals surface area contributed by atoms with Crippen LogP contribution in [0.2, 0.25) is 0 Å². The maximum Gasteiger partial charge on any atom is 0.310 e. The number of aliphatic carboxylic acids is 1. The van der Waals surface area contributed by atoms with E-state index in [2.05, 4.69) is 15.9 Å². The molecule has 4 nitrogen and oxygen atoms in total. The maximum absolute atomic E-state index is 11.5. The summed E-state index contributed by atoms with van der Waals surface area (Å²) in [6, 6.07) is 0. The number of carbonyl (C=O) groups is 1. The van der Waals surface area contributed by atoms with Gasteiger partial charge in [-0.05, 0) is 29.6 Å². The monoisotopic (exact) mass is 298 g/mol. The molecule has 7 fully saturated rings. The molecule has 5 heteroatoms. The van der Waals surface area contributed by atoms with Crippen molar-refractivity contribution in [1.82, 2.24) is 0 Å². The second kappa shape index (κ2) is 1.91. The van der Waals surface area contributed by atoms with Gasteiger partial charge in [0.25, 0.3) is 0 Å². The van der Waals surface area contributed by atoms with Crippen LogP contribution in [0.15, 0.2) is 0 Å². The van der Waals surface area contributed by atoms with Crippen LogP contribution < -0.4 is 0 Å². The van der Waals surface area contributed by atoms with Crippen LogP contribution in [0.4, 0.5) is 0 Å². The first kappa shape index (κ1) is 8.88. The largest absolute Gasteiger partial charge is 0.481 e. The Balaban J connectivity index is 1.59. The molecule has 0 aromatic carbocycles. The van der Waals surface area contributed by atoms with Crippen LogP contribution in [0.25, 0.3) is 0 Å². The van der Waals surface area contributed by atoms with Crippen molar-refractivity contribution in [3.05, 3.63) is 0 Å². The van der Waals surface area contributed by atoms with Crippen molar-refractivity contribution in [2.24, 2.45) is 40.9 Å². The SMILES string of the molecule is O=C(O)C12C3[C@@H]4[C@@H]1C1[C@@H]2[C@H]3C4(Br)C12OCCO2. The third kappa shape index (κ3) is 0.434. The first-order valence-corrected chi connectivity index (χ1v) is 7.13. The lowest BCUT2D eigenvalue weighted by Gasteiger charge is -2.89. The molecule has 2 bridgehead atoms. The normalized spacial score (nSPS) is 73.5. The number of rotatable bonds is 1. The predicted molar refractivity (Wildman–Crippen MR) is 57.3 cm³/mol. The van der Waals surface area contributed by atoms with Gasteiger partial charge in [-0.15, -0.1) is 0 Å². The first-order chi connectivity index (χ1) is 8.13. The van der Waals surface area contributed by atoms with Crippen molar-refractivity contribution < 1.29 is 19.4 Å². The number of carboxylic acids is 1. The minimum atomic E-state index is -0.564. The van der Waals surface area contributed by atoms with Crippen LogP contribution in [0.5, 0.6) is 0 Å². The Kier molecular flexibility index (Phi) is 0.998. The van der Waals surface area contributed by atoms with E-state index in [1.165, 1.54) is 0 Å². The van der Waals surface area contributed by atoms with Crippen LogP contribution in [-0.2, 0) is 14.3 Å². The number of ether oxygens (including phenoxy) is 2. The molecular weight excluding hydrogens is 288 g/mol. The fraction of sp³-hybridized carbons (Fsp3) is 0.917. The summed E-state index contributed by atoms with van der Waals surface area (Å²) in [6.07, 6.45) is 0. The molecule has 1 saturated heterocycles. The lowest BCUT2D eigenvalue weighted by Crippen LogP contribution is -2.94. The topological polar surface area (TPSA) is 55.8 Å². The van der Waals surface area contributed by atoms with Gasteiger partial charge in [0.2, 0.25) is 0 Å². The summed E-state index contributed by atoms with van der Waals surface area (Å²) in [5.74, 6) is 1.36. The van der Waals surface area contributed by atoms with Crippen molar-refractivity contribution >= 4 is 21.9 Å². The van der Waals surface area contributed by atoms with Gasteiger partial charge in [0.05, 0.1) is 23.0 Å². The maximum atomic E-state index is 11.5. The average molecular weight is 299 g/mol. The standard InChI is InChI=1S/C12H11BrO4/c13-11-6-3-7(11)5-8(12(11)16-1-2-17-12)4(6)10(3,5)9(14)15/h3-8H,1-2H2,(H,14,15)/t3?,4-,5+,6-,7+,8?,10?,11?. The zero-order valence-corrected chi connectivity index (χ0v) is 10.5. The molecule has 1 aliphatic heterocycles. The van der Waals surface area contributed by atoms with Gasteiger partial charge in [-0.25, -0.2) is 0 Å². The number of hydrogen-bond donors (Lipinski definition) is 1. The van der Waals surface area contributed by atoms with E-state index >= 15 is 0 Å². The Morgan fingerprint density at radius 1 is 1.06 bits per heavy atom. The van der Waals surface area contributed by atoms with E-state index < -0.39 is 11.8 Å². The van der Waals surface area contributed by atoms with Crippen molar-refractivity contribution in [2.75, 3.05) is 13.2 Å². The summed E-state index contributed by atoms with van der Waals surface area (Å²) in [4.78, 5) is 11.5. The molecule has 7 aliphatic rings. The lowest BCUT2D eigenvalue weighted by molar-refractivity contribution is -0.421. The first-order valence-electron chi connectivity index (χ1n) is 6.33. The quantitative estimate of drug-likeness (QED) is 0.724. The third-order valence-electron chi connectivity index (χ3n) is 7.01. The van der Waals surface area contributed by atoms with Crippen LogP contribution >= 0.6 is 15.9 Å². The fourth-order valence-electron chi connectivity index (χ4n) is 7.05. The summed E-state index contributed by atoms with van der Waals surface area (Å²) in [5, 5.41) is 9.51. The van der Waals surface area contributed by atoms with E-state index in [0.29, 0.717) is 48.7 Å². The molecule has 7 rings (SSSR count). The molecule has 1 spiro atoms. The highest BCUT2D eigenvalue weighted by Gasteiger charge is 3.10. The Bertz CT molecular complexity index is 491. The molecular formula is C12H11BrO4. The number of halogens is 1. The van der Waals surface area contributed by atoms with Gasteiger partial charge in [0.1, 0.15) is 0 Å². The highest BCUT2D eigenvalue weighted by Crippen LogP contribution is 3.04. The molecule has 17 heavy (non-hydrogen) atoms. The van der Waals surface area contributed by atoms with Gasteiger partial charge in [0, 0.05) is 5.92 Å². The molecule has 8 atom stereocenters. The smallest absolute Gasteiger partial charge is 0.310 e. The van der Waals surface area contributed by atoms with Gasteiger partial charge in [-0.3, -0.25) is 4.79 Å². The second-order valence-electron chi connectivity index (χ2n) is 6.53.